The third-order valence-electron chi connectivity index (χ3n) is 5.56. The van der Waals surface area contributed by atoms with E-state index in [-0.39, 0.29) is 11.7 Å². The van der Waals surface area contributed by atoms with Gasteiger partial charge >= 0.3 is 0 Å². The molecule has 0 N–H and O–H groups in total. The summed E-state index contributed by atoms with van der Waals surface area (Å²) in [7, 11) is 0. The van der Waals surface area contributed by atoms with Crippen molar-refractivity contribution in [1.82, 2.24) is 9.80 Å². The molecule has 0 saturated carbocycles. The number of amides is 1. The van der Waals surface area contributed by atoms with Crippen molar-refractivity contribution < 1.29 is 9.59 Å². The highest BCUT2D eigenvalue weighted by atomic mass is 16.2. The van der Waals surface area contributed by atoms with E-state index >= 15 is 0 Å². The second-order valence-corrected chi connectivity index (χ2v) is 8.23. The highest BCUT2D eigenvalue weighted by Crippen LogP contribution is 2.27. The Balaban J connectivity index is 1.46. The molecule has 0 aromatic heterocycles. The van der Waals surface area contributed by atoms with E-state index in [1.165, 1.54) is 6.54 Å². The van der Waals surface area contributed by atoms with Crippen molar-refractivity contribution in [3.8, 4) is 0 Å². The molecule has 1 aromatic carbocycles. The second kappa shape index (κ2) is 9.47. The van der Waals surface area contributed by atoms with Gasteiger partial charge in [-0.1, -0.05) is 26.0 Å². The van der Waals surface area contributed by atoms with Gasteiger partial charge in [0, 0.05) is 57.7 Å². The van der Waals surface area contributed by atoms with Gasteiger partial charge in [0.25, 0.3) is 0 Å². The summed E-state index contributed by atoms with van der Waals surface area (Å²) in [6.45, 7) is 12.2. The average Bonchev–Trinajstić information content (AvgIpc) is 2.78. The van der Waals surface area contributed by atoms with E-state index in [0.29, 0.717) is 24.9 Å². The molecule has 0 spiro atoms. The fourth-order valence-corrected chi connectivity index (χ4v) is 4.13. The predicted molar refractivity (Wildman–Crippen MR) is 109 cm³/mol. The Kier molecular flexibility index (Phi) is 7.02. The zero-order valence-corrected chi connectivity index (χ0v) is 16.8. The number of hydrogen-bond donors (Lipinski definition) is 0. The van der Waals surface area contributed by atoms with Crippen molar-refractivity contribution in [1.29, 1.82) is 0 Å². The number of carbonyl (C=O) groups is 2. The summed E-state index contributed by atoms with van der Waals surface area (Å²) in [4.78, 5) is 31.7. The summed E-state index contributed by atoms with van der Waals surface area (Å²) < 4.78 is 0. The Hall–Kier alpha value is -1.72. The van der Waals surface area contributed by atoms with Gasteiger partial charge in [-0.25, -0.2) is 0 Å². The fraction of sp³-hybridized carbons (Fsp3) is 0.636. The summed E-state index contributed by atoms with van der Waals surface area (Å²) in [5.74, 6) is 0.897. The van der Waals surface area contributed by atoms with Gasteiger partial charge in [-0.3, -0.25) is 9.59 Å². The standard InChI is InChI=1S/C22H33N3O2/c1-18(2)17-24-15-13-23(14-16-24)11-5-6-12-25-20-8-4-3-7-19(20)21(26)9-10-22(25)27/h3-4,7-8,18H,5-6,9-17H2,1-2H3. The van der Waals surface area contributed by atoms with Crippen LogP contribution >= 0.6 is 0 Å². The van der Waals surface area contributed by atoms with Gasteiger partial charge < -0.3 is 14.7 Å². The number of para-hydroxylation sites is 1. The molecule has 1 aromatic rings. The lowest BCUT2D eigenvalue weighted by molar-refractivity contribution is -0.118. The van der Waals surface area contributed by atoms with Crippen LogP contribution in [0, 0.1) is 5.92 Å². The zero-order chi connectivity index (χ0) is 19.2. The lowest BCUT2D eigenvalue weighted by Crippen LogP contribution is -2.47. The fourth-order valence-electron chi connectivity index (χ4n) is 4.13. The van der Waals surface area contributed by atoms with Gasteiger partial charge in [-0.15, -0.1) is 0 Å². The Morgan fingerprint density at radius 3 is 2.30 bits per heavy atom. The molecule has 3 rings (SSSR count). The van der Waals surface area contributed by atoms with Gasteiger partial charge in [0.15, 0.2) is 5.78 Å². The Morgan fingerprint density at radius 2 is 1.56 bits per heavy atom. The third-order valence-corrected chi connectivity index (χ3v) is 5.56. The molecule has 0 atom stereocenters. The van der Waals surface area contributed by atoms with E-state index < -0.39 is 0 Å². The number of ketones is 1. The molecular formula is C22H33N3O2. The molecule has 27 heavy (non-hydrogen) atoms. The number of Topliss-reactive ketones (excluding diaryl/α,β-unsaturated/α-hetero) is 1. The number of carbonyl (C=O) groups excluding carboxylic acids is 2. The molecule has 0 unspecified atom stereocenters. The van der Waals surface area contributed by atoms with E-state index in [9.17, 15) is 9.59 Å². The molecule has 5 heteroatoms. The maximum Gasteiger partial charge on any atom is 0.227 e. The zero-order valence-electron chi connectivity index (χ0n) is 16.8. The number of rotatable bonds is 7. The Bertz CT molecular complexity index is 651. The summed E-state index contributed by atoms with van der Waals surface area (Å²) in [6.07, 6.45) is 2.71. The van der Waals surface area contributed by atoms with Crippen LogP contribution in [-0.4, -0.2) is 67.3 Å². The molecule has 5 nitrogen and oxygen atoms in total. The highest BCUT2D eigenvalue weighted by Gasteiger charge is 2.26. The first kappa shape index (κ1) is 20.0. The lowest BCUT2D eigenvalue weighted by atomic mass is 10.1. The molecule has 2 aliphatic heterocycles. The molecule has 0 aliphatic carbocycles. The van der Waals surface area contributed by atoms with Crippen LogP contribution in [0.5, 0.6) is 0 Å². The van der Waals surface area contributed by atoms with Crippen LogP contribution in [0.3, 0.4) is 0 Å². The predicted octanol–water partition coefficient (Wildman–Crippen LogP) is 3.05. The summed E-state index contributed by atoms with van der Waals surface area (Å²) in [6, 6.07) is 7.54. The number of piperazine rings is 1. The Morgan fingerprint density at radius 1 is 0.889 bits per heavy atom. The van der Waals surface area contributed by atoms with Gasteiger partial charge in [0.1, 0.15) is 0 Å². The van der Waals surface area contributed by atoms with E-state index in [1.807, 2.05) is 29.2 Å². The van der Waals surface area contributed by atoms with Crippen molar-refractivity contribution in [3.05, 3.63) is 29.8 Å². The van der Waals surface area contributed by atoms with Gasteiger partial charge in [0.05, 0.1) is 5.69 Å². The minimum Gasteiger partial charge on any atom is -0.312 e. The SMILES string of the molecule is CC(C)CN1CCN(CCCCN2C(=O)CCC(=O)c3ccccc32)CC1. The van der Waals surface area contributed by atoms with Gasteiger partial charge in [-0.05, 0) is 37.4 Å². The van der Waals surface area contributed by atoms with Crippen molar-refractivity contribution >= 4 is 17.4 Å². The van der Waals surface area contributed by atoms with Crippen LogP contribution in [0.1, 0.15) is 49.9 Å². The normalized spacial score (nSPS) is 19.4. The number of unbranched alkanes of at least 4 members (excludes halogenated alkanes) is 1. The number of anilines is 1. The van der Waals surface area contributed by atoms with Crippen molar-refractivity contribution in [2.75, 3.05) is 50.7 Å². The minimum absolute atomic E-state index is 0.0793. The third kappa shape index (κ3) is 5.39. The molecule has 0 bridgehead atoms. The van der Waals surface area contributed by atoms with Crippen LogP contribution in [0.25, 0.3) is 0 Å². The smallest absolute Gasteiger partial charge is 0.227 e. The van der Waals surface area contributed by atoms with E-state index in [0.717, 1.165) is 57.2 Å². The quantitative estimate of drug-likeness (QED) is 0.691. The highest BCUT2D eigenvalue weighted by molar-refractivity contribution is 6.09. The molecule has 2 aliphatic rings. The van der Waals surface area contributed by atoms with Crippen molar-refractivity contribution in [2.24, 2.45) is 5.92 Å². The number of fused-ring (bicyclic) bond motifs is 1. The molecule has 1 fully saturated rings. The largest absolute Gasteiger partial charge is 0.312 e. The van der Waals surface area contributed by atoms with E-state index in [1.54, 1.807) is 0 Å². The first-order chi connectivity index (χ1) is 13.0. The topological polar surface area (TPSA) is 43.9 Å². The molecular weight excluding hydrogens is 338 g/mol. The minimum atomic E-state index is 0.0793. The number of nitrogens with zero attached hydrogens (tertiary/aromatic N) is 3. The lowest BCUT2D eigenvalue weighted by Gasteiger charge is -2.35. The first-order valence-electron chi connectivity index (χ1n) is 10.4. The van der Waals surface area contributed by atoms with Crippen LogP contribution in [-0.2, 0) is 4.79 Å². The summed E-state index contributed by atoms with van der Waals surface area (Å²) in [5.41, 5.74) is 1.50. The van der Waals surface area contributed by atoms with Gasteiger partial charge in [-0.2, -0.15) is 0 Å². The summed E-state index contributed by atoms with van der Waals surface area (Å²) >= 11 is 0. The molecule has 1 amide bonds. The summed E-state index contributed by atoms with van der Waals surface area (Å²) in [5, 5.41) is 0. The average molecular weight is 372 g/mol. The van der Waals surface area contributed by atoms with E-state index in [4.69, 9.17) is 0 Å². The Labute approximate surface area is 163 Å². The van der Waals surface area contributed by atoms with E-state index in [2.05, 4.69) is 23.6 Å². The second-order valence-electron chi connectivity index (χ2n) is 8.23. The van der Waals surface area contributed by atoms with Crippen molar-refractivity contribution in [2.45, 2.75) is 39.5 Å². The van der Waals surface area contributed by atoms with Gasteiger partial charge in [0.2, 0.25) is 5.91 Å². The van der Waals surface area contributed by atoms with Crippen molar-refractivity contribution in [3.63, 3.8) is 0 Å². The maximum absolute atomic E-state index is 12.5. The molecule has 1 saturated heterocycles. The van der Waals surface area contributed by atoms with Crippen LogP contribution in [0.2, 0.25) is 0 Å². The maximum atomic E-state index is 12.5. The molecule has 0 radical (unpaired) electrons. The molecule has 148 valence electrons. The molecule has 2 heterocycles. The van der Waals surface area contributed by atoms with Crippen LogP contribution < -0.4 is 4.90 Å². The van der Waals surface area contributed by atoms with Crippen LogP contribution in [0.4, 0.5) is 5.69 Å². The first-order valence-corrected chi connectivity index (χ1v) is 10.4. The van der Waals surface area contributed by atoms with Crippen LogP contribution in [0.15, 0.2) is 24.3 Å². The monoisotopic (exact) mass is 371 g/mol. The number of hydrogen-bond acceptors (Lipinski definition) is 4. The number of benzene rings is 1.